The van der Waals surface area contributed by atoms with Gasteiger partial charge in [-0.25, -0.2) is 0 Å². The molecule has 0 spiro atoms. The van der Waals surface area contributed by atoms with Crippen LogP contribution in [0.1, 0.15) is 39.0 Å². The van der Waals surface area contributed by atoms with Gasteiger partial charge < -0.3 is 9.80 Å². The summed E-state index contributed by atoms with van der Waals surface area (Å²) in [5.74, 6) is 0.843. The van der Waals surface area contributed by atoms with Crippen molar-refractivity contribution in [2.45, 2.75) is 39.0 Å². The standard InChI is InChI=1S/C13H22N2O2/c1-2-4-12(16)14-7-9-15(10-8-14)13(17)11-5-3-6-11/h11H,2-10H2,1H3. The van der Waals surface area contributed by atoms with Gasteiger partial charge in [0.15, 0.2) is 0 Å². The van der Waals surface area contributed by atoms with Gasteiger partial charge in [0.05, 0.1) is 0 Å². The van der Waals surface area contributed by atoms with E-state index >= 15 is 0 Å². The van der Waals surface area contributed by atoms with Crippen LogP contribution in [0.2, 0.25) is 0 Å². The molecule has 1 heterocycles. The smallest absolute Gasteiger partial charge is 0.225 e. The van der Waals surface area contributed by atoms with E-state index in [1.54, 1.807) is 0 Å². The van der Waals surface area contributed by atoms with E-state index in [0.29, 0.717) is 12.3 Å². The first kappa shape index (κ1) is 12.4. The zero-order valence-corrected chi connectivity index (χ0v) is 10.7. The van der Waals surface area contributed by atoms with Crippen molar-refractivity contribution in [2.75, 3.05) is 26.2 Å². The molecular formula is C13H22N2O2. The molecule has 2 fully saturated rings. The van der Waals surface area contributed by atoms with Crippen molar-refractivity contribution in [3.63, 3.8) is 0 Å². The van der Waals surface area contributed by atoms with Gasteiger partial charge in [-0.15, -0.1) is 0 Å². The lowest BCUT2D eigenvalue weighted by Crippen LogP contribution is -2.52. The third-order valence-corrected chi connectivity index (χ3v) is 3.86. The second-order valence-corrected chi connectivity index (χ2v) is 5.08. The highest BCUT2D eigenvalue weighted by Gasteiger charge is 2.31. The summed E-state index contributed by atoms with van der Waals surface area (Å²) in [5.41, 5.74) is 0. The maximum Gasteiger partial charge on any atom is 0.225 e. The topological polar surface area (TPSA) is 40.6 Å². The Balaban J connectivity index is 1.77. The van der Waals surface area contributed by atoms with Crippen molar-refractivity contribution in [1.82, 2.24) is 9.80 Å². The number of piperazine rings is 1. The summed E-state index contributed by atoms with van der Waals surface area (Å²) < 4.78 is 0. The Labute approximate surface area is 103 Å². The maximum atomic E-state index is 12.0. The summed E-state index contributed by atoms with van der Waals surface area (Å²) in [5, 5.41) is 0. The third-order valence-electron chi connectivity index (χ3n) is 3.86. The van der Waals surface area contributed by atoms with E-state index in [4.69, 9.17) is 0 Å². The number of amides is 2. The normalized spacial score (nSPS) is 21.2. The van der Waals surface area contributed by atoms with Gasteiger partial charge in [0, 0.05) is 38.5 Å². The second kappa shape index (κ2) is 5.52. The molecule has 4 heteroatoms. The SMILES string of the molecule is CCCC(=O)N1CCN(C(=O)C2CCC2)CC1. The molecule has 96 valence electrons. The first-order valence-electron chi connectivity index (χ1n) is 6.79. The van der Waals surface area contributed by atoms with Gasteiger partial charge in [-0.2, -0.15) is 0 Å². The summed E-state index contributed by atoms with van der Waals surface area (Å²) >= 11 is 0. The van der Waals surface area contributed by atoms with Gasteiger partial charge in [-0.1, -0.05) is 13.3 Å². The highest BCUT2D eigenvalue weighted by atomic mass is 16.2. The Morgan fingerprint density at radius 3 is 2.12 bits per heavy atom. The minimum Gasteiger partial charge on any atom is -0.339 e. The predicted octanol–water partition coefficient (Wildman–Crippen LogP) is 1.26. The van der Waals surface area contributed by atoms with Crippen LogP contribution in [-0.4, -0.2) is 47.8 Å². The molecule has 0 aromatic heterocycles. The van der Waals surface area contributed by atoms with Gasteiger partial charge >= 0.3 is 0 Å². The Morgan fingerprint density at radius 2 is 1.65 bits per heavy atom. The van der Waals surface area contributed by atoms with Gasteiger partial charge in [-0.05, 0) is 19.3 Å². The summed E-state index contributed by atoms with van der Waals surface area (Å²) in [6, 6.07) is 0. The molecule has 0 aromatic carbocycles. The lowest BCUT2D eigenvalue weighted by atomic mass is 9.84. The van der Waals surface area contributed by atoms with Crippen molar-refractivity contribution in [3.05, 3.63) is 0 Å². The van der Waals surface area contributed by atoms with Gasteiger partial charge in [-0.3, -0.25) is 9.59 Å². The van der Waals surface area contributed by atoms with E-state index in [1.807, 2.05) is 16.7 Å². The molecular weight excluding hydrogens is 216 g/mol. The van der Waals surface area contributed by atoms with Gasteiger partial charge in [0.25, 0.3) is 0 Å². The van der Waals surface area contributed by atoms with Crippen LogP contribution in [0.4, 0.5) is 0 Å². The molecule has 1 aliphatic carbocycles. The van der Waals surface area contributed by atoms with Gasteiger partial charge in [0.1, 0.15) is 0 Å². The van der Waals surface area contributed by atoms with Crippen LogP contribution in [0, 0.1) is 5.92 Å². The predicted molar refractivity (Wildman–Crippen MR) is 65.4 cm³/mol. The van der Waals surface area contributed by atoms with Crippen LogP contribution in [0.25, 0.3) is 0 Å². The molecule has 0 aromatic rings. The Bertz CT molecular complexity index is 292. The summed E-state index contributed by atoms with van der Waals surface area (Å²) in [6.07, 6.45) is 4.86. The highest BCUT2D eigenvalue weighted by molar-refractivity contribution is 5.80. The van der Waals surface area contributed by atoms with Gasteiger partial charge in [0.2, 0.25) is 11.8 Å². The van der Waals surface area contributed by atoms with Crippen LogP contribution in [-0.2, 0) is 9.59 Å². The van der Waals surface area contributed by atoms with E-state index in [2.05, 4.69) is 0 Å². The van der Waals surface area contributed by atoms with E-state index < -0.39 is 0 Å². The fraction of sp³-hybridized carbons (Fsp3) is 0.846. The minimum atomic E-state index is 0.239. The second-order valence-electron chi connectivity index (χ2n) is 5.08. The number of hydrogen-bond acceptors (Lipinski definition) is 2. The van der Waals surface area contributed by atoms with Crippen molar-refractivity contribution in [2.24, 2.45) is 5.92 Å². The average Bonchev–Trinajstić information content (AvgIpc) is 2.27. The van der Waals surface area contributed by atoms with E-state index in [0.717, 1.165) is 45.4 Å². The molecule has 2 aliphatic rings. The van der Waals surface area contributed by atoms with Crippen molar-refractivity contribution >= 4 is 11.8 Å². The third kappa shape index (κ3) is 2.79. The number of carbonyl (C=O) groups is 2. The zero-order chi connectivity index (χ0) is 12.3. The number of carbonyl (C=O) groups excluding carboxylic acids is 2. The molecule has 1 saturated carbocycles. The fourth-order valence-corrected chi connectivity index (χ4v) is 2.46. The lowest BCUT2D eigenvalue weighted by molar-refractivity contribution is -0.144. The molecule has 17 heavy (non-hydrogen) atoms. The zero-order valence-electron chi connectivity index (χ0n) is 10.7. The molecule has 0 unspecified atom stereocenters. The quantitative estimate of drug-likeness (QED) is 0.742. The highest BCUT2D eigenvalue weighted by Crippen LogP contribution is 2.28. The first-order chi connectivity index (χ1) is 8.22. The number of rotatable bonds is 3. The number of nitrogens with zero attached hydrogens (tertiary/aromatic N) is 2. The van der Waals surface area contributed by atoms with Crippen molar-refractivity contribution in [3.8, 4) is 0 Å². The molecule has 0 N–H and O–H groups in total. The largest absolute Gasteiger partial charge is 0.339 e. The summed E-state index contributed by atoms with van der Waals surface area (Å²) in [7, 11) is 0. The lowest BCUT2D eigenvalue weighted by Gasteiger charge is -2.38. The molecule has 0 radical (unpaired) electrons. The Kier molecular flexibility index (Phi) is 4.02. The van der Waals surface area contributed by atoms with E-state index in [9.17, 15) is 9.59 Å². The molecule has 4 nitrogen and oxygen atoms in total. The van der Waals surface area contributed by atoms with Crippen LogP contribution in [0.5, 0.6) is 0 Å². The van der Waals surface area contributed by atoms with E-state index in [-0.39, 0.29) is 11.8 Å². The monoisotopic (exact) mass is 238 g/mol. The molecule has 1 saturated heterocycles. The summed E-state index contributed by atoms with van der Waals surface area (Å²) in [4.78, 5) is 27.5. The molecule has 0 atom stereocenters. The van der Waals surface area contributed by atoms with Crippen LogP contribution in [0.3, 0.4) is 0 Å². The maximum absolute atomic E-state index is 12.0. The van der Waals surface area contributed by atoms with Crippen molar-refractivity contribution < 1.29 is 9.59 Å². The first-order valence-corrected chi connectivity index (χ1v) is 6.79. The van der Waals surface area contributed by atoms with Crippen LogP contribution in [0.15, 0.2) is 0 Å². The average molecular weight is 238 g/mol. The Morgan fingerprint density at radius 1 is 1.06 bits per heavy atom. The molecule has 2 rings (SSSR count). The molecule has 0 bridgehead atoms. The van der Waals surface area contributed by atoms with Crippen LogP contribution >= 0.6 is 0 Å². The van der Waals surface area contributed by atoms with E-state index in [1.165, 1.54) is 6.42 Å². The fourth-order valence-electron chi connectivity index (χ4n) is 2.46. The minimum absolute atomic E-state index is 0.239. The molecule has 1 aliphatic heterocycles. The van der Waals surface area contributed by atoms with Crippen molar-refractivity contribution in [1.29, 1.82) is 0 Å². The Hall–Kier alpha value is -1.06. The van der Waals surface area contributed by atoms with Crippen LogP contribution < -0.4 is 0 Å². The molecule has 2 amide bonds. The number of hydrogen-bond donors (Lipinski definition) is 0. The summed E-state index contributed by atoms with van der Waals surface area (Å²) in [6.45, 7) is 4.92.